The van der Waals surface area contributed by atoms with Gasteiger partial charge in [0.05, 0.1) is 5.56 Å². The molecule has 6 heteroatoms. The lowest BCUT2D eigenvalue weighted by Crippen LogP contribution is -2.08. The zero-order valence-corrected chi connectivity index (χ0v) is 12.0. The van der Waals surface area contributed by atoms with E-state index in [1.54, 1.807) is 0 Å². The molecule has 0 aliphatic rings. The highest BCUT2D eigenvalue weighted by Gasteiger charge is 2.31. The number of alkyl halides is 3. The quantitative estimate of drug-likeness (QED) is 0.875. The number of hydrogen-bond donors (Lipinski definition) is 2. The smallest absolute Gasteiger partial charge is 0.373 e. The molecule has 0 saturated heterocycles. The van der Waals surface area contributed by atoms with Crippen molar-refractivity contribution in [3.8, 4) is 0 Å². The highest BCUT2D eigenvalue weighted by Crippen LogP contribution is 2.32. The third kappa shape index (κ3) is 3.65. The van der Waals surface area contributed by atoms with Crippen LogP contribution in [0.25, 0.3) is 0 Å². The van der Waals surface area contributed by atoms with Crippen molar-refractivity contribution in [2.24, 2.45) is 0 Å². The van der Waals surface area contributed by atoms with Crippen LogP contribution in [0, 0.1) is 13.8 Å². The molecule has 2 N–H and O–H groups in total. The second-order valence-corrected chi connectivity index (χ2v) is 4.80. The van der Waals surface area contributed by atoms with Crippen LogP contribution in [0.4, 0.5) is 30.5 Å². The lowest BCUT2D eigenvalue weighted by atomic mass is 10.1. The highest BCUT2D eigenvalue weighted by molar-refractivity contribution is 5.61. The minimum absolute atomic E-state index is 0.150. The summed E-state index contributed by atoms with van der Waals surface area (Å²) in [5.41, 5.74) is 2.13. The molecule has 0 saturated carbocycles. The van der Waals surface area contributed by atoms with Crippen molar-refractivity contribution in [2.75, 3.05) is 17.7 Å². The molecule has 2 rings (SSSR count). The molecule has 0 bridgehead atoms. The zero-order valence-electron chi connectivity index (χ0n) is 12.0. The number of anilines is 3. The minimum Gasteiger partial charge on any atom is -0.373 e. The van der Waals surface area contributed by atoms with Gasteiger partial charge in [0.2, 0.25) is 0 Å². The Morgan fingerprint density at radius 3 is 2.19 bits per heavy atom. The summed E-state index contributed by atoms with van der Waals surface area (Å²) in [6.07, 6.45) is -4.41. The van der Waals surface area contributed by atoms with Crippen molar-refractivity contribution in [1.82, 2.24) is 4.98 Å². The second-order valence-electron chi connectivity index (χ2n) is 4.80. The first kappa shape index (κ1) is 15.2. The van der Waals surface area contributed by atoms with Gasteiger partial charge in [0, 0.05) is 12.7 Å². The highest BCUT2D eigenvalue weighted by atomic mass is 19.4. The summed E-state index contributed by atoms with van der Waals surface area (Å²) in [5, 5.41) is 5.54. The van der Waals surface area contributed by atoms with Crippen molar-refractivity contribution in [3.05, 3.63) is 47.0 Å². The lowest BCUT2D eigenvalue weighted by Gasteiger charge is -2.13. The van der Waals surface area contributed by atoms with Gasteiger partial charge in [-0.1, -0.05) is 6.07 Å². The Kier molecular flexibility index (Phi) is 4.06. The summed E-state index contributed by atoms with van der Waals surface area (Å²) in [7, 11) is 1.53. The van der Waals surface area contributed by atoms with E-state index in [0.717, 1.165) is 23.3 Å². The van der Waals surface area contributed by atoms with E-state index in [0.29, 0.717) is 5.69 Å². The predicted molar refractivity (Wildman–Crippen MR) is 78.0 cm³/mol. The van der Waals surface area contributed by atoms with Crippen molar-refractivity contribution >= 4 is 17.3 Å². The SMILES string of the molecule is CNc1cc(C(F)(F)F)cc(Nc2ccc(C)c(C)c2)n1. The van der Waals surface area contributed by atoms with E-state index in [4.69, 9.17) is 0 Å². The Labute approximate surface area is 121 Å². The fraction of sp³-hybridized carbons (Fsp3) is 0.267. The van der Waals surface area contributed by atoms with Crippen LogP contribution in [-0.4, -0.2) is 12.0 Å². The van der Waals surface area contributed by atoms with Crippen LogP contribution in [0.5, 0.6) is 0 Å². The van der Waals surface area contributed by atoms with E-state index >= 15 is 0 Å². The molecule has 0 amide bonds. The second kappa shape index (κ2) is 5.63. The van der Waals surface area contributed by atoms with Crippen molar-refractivity contribution in [3.63, 3.8) is 0 Å². The molecule has 0 fully saturated rings. The number of aryl methyl sites for hydroxylation is 2. The maximum Gasteiger partial charge on any atom is 0.416 e. The molecule has 0 radical (unpaired) electrons. The fourth-order valence-corrected chi connectivity index (χ4v) is 1.85. The van der Waals surface area contributed by atoms with Gasteiger partial charge in [-0.2, -0.15) is 13.2 Å². The van der Waals surface area contributed by atoms with Gasteiger partial charge in [-0.3, -0.25) is 0 Å². The van der Waals surface area contributed by atoms with Gasteiger partial charge in [-0.15, -0.1) is 0 Å². The van der Waals surface area contributed by atoms with E-state index in [2.05, 4.69) is 15.6 Å². The van der Waals surface area contributed by atoms with E-state index in [1.807, 2.05) is 32.0 Å². The van der Waals surface area contributed by atoms with E-state index in [-0.39, 0.29) is 11.6 Å². The molecule has 0 spiro atoms. The van der Waals surface area contributed by atoms with Crippen LogP contribution >= 0.6 is 0 Å². The molecule has 3 nitrogen and oxygen atoms in total. The van der Waals surface area contributed by atoms with Crippen LogP contribution in [-0.2, 0) is 6.18 Å². The summed E-state index contributed by atoms with van der Waals surface area (Å²) in [6.45, 7) is 3.92. The molecule has 0 unspecified atom stereocenters. The van der Waals surface area contributed by atoms with Crippen LogP contribution in [0.15, 0.2) is 30.3 Å². The summed E-state index contributed by atoms with van der Waals surface area (Å²) in [6, 6.07) is 7.56. The first-order chi connectivity index (χ1) is 9.79. The average molecular weight is 295 g/mol. The van der Waals surface area contributed by atoms with Gasteiger partial charge < -0.3 is 10.6 Å². The first-order valence-electron chi connectivity index (χ1n) is 6.41. The summed E-state index contributed by atoms with van der Waals surface area (Å²) < 4.78 is 38.6. The Bertz CT molecular complexity index is 651. The van der Waals surface area contributed by atoms with E-state index in [1.165, 1.54) is 7.05 Å². The number of pyridine rings is 1. The van der Waals surface area contributed by atoms with Gasteiger partial charge in [0.15, 0.2) is 0 Å². The van der Waals surface area contributed by atoms with Crippen LogP contribution in [0.2, 0.25) is 0 Å². The van der Waals surface area contributed by atoms with Gasteiger partial charge in [0.1, 0.15) is 11.6 Å². The Hall–Kier alpha value is -2.24. The van der Waals surface area contributed by atoms with Crippen molar-refractivity contribution < 1.29 is 13.2 Å². The topological polar surface area (TPSA) is 37.0 Å². The van der Waals surface area contributed by atoms with Crippen LogP contribution in [0.1, 0.15) is 16.7 Å². The molecule has 1 aromatic carbocycles. The summed E-state index contributed by atoms with van der Waals surface area (Å²) in [5.74, 6) is 0.314. The number of halogens is 3. The van der Waals surface area contributed by atoms with Gasteiger partial charge in [0.25, 0.3) is 0 Å². The number of benzene rings is 1. The van der Waals surface area contributed by atoms with Crippen molar-refractivity contribution in [1.29, 1.82) is 0 Å². The Morgan fingerprint density at radius 2 is 1.62 bits per heavy atom. The molecular weight excluding hydrogens is 279 g/mol. The van der Waals surface area contributed by atoms with Crippen LogP contribution < -0.4 is 10.6 Å². The largest absolute Gasteiger partial charge is 0.416 e. The molecule has 0 aliphatic heterocycles. The molecule has 2 aromatic rings. The predicted octanol–water partition coefficient (Wildman–Crippen LogP) is 4.50. The first-order valence-corrected chi connectivity index (χ1v) is 6.41. The third-order valence-corrected chi connectivity index (χ3v) is 3.19. The monoisotopic (exact) mass is 295 g/mol. The van der Waals surface area contributed by atoms with E-state index < -0.39 is 11.7 Å². The Balaban J connectivity index is 2.36. The normalized spacial score (nSPS) is 11.3. The minimum atomic E-state index is -4.41. The standard InChI is InChI=1S/C15H16F3N3/c1-9-4-5-12(6-10(9)2)20-14-8-11(15(16,17)18)7-13(19-3)21-14/h4-8H,1-3H3,(H2,19,20,21). The molecule has 0 aliphatic carbocycles. The molecule has 1 aromatic heterocycles. The number of nitrogens with zero attached hydrogens (tertiary/aromatic N) is 1. The molecule has 1 heterocycles. The molecular formula is C15H16F3N3. The number of aromatic nitrogens is 1. The molecule has 0 atom stereocenters. The number of rotatable bonds is 3. The summed E-state index contributed by atoms with van der Waals surface area (Å²) in [4.78, 5) is 4.09. The average Bonchev–Trinajstić information content (AvgIpc) is 2.41. The Morgan fingerprint density at radius 1 is 0.952 bits per heavy atom. The van der Waals surface area contributed by atoms with Gasteiger partial charge in [-0.05, 0) is 49.2 Å². The van der Waals surface area contributed by atoms with E-state index in [9.17, 15) is 13.2 Å². The third-order valence-electron chi connectivity index (χ3n) is 3.19. The maximum absolute atomic E-state index is 12.9. The summed E-state index contributed by atoms with van der Waals surface area (Å²) >= 11 is 0. The zero-order chi connectivity index (χ0) is 15.6. The number of hydrogen-bond acceptors (Lipinski definition) is 3. The molecule has 112 valence electrons. The maximum atomic E-state index is 12.9. The van der Waals surface area contributed by atoms with Crippen LogP contribution in [0.3, 0.4) is 0 Å². The lowest BCUT2D eigenvalue weighted by molar-refractivity contribution is -0.137. The van der Waals surface area contributed by atoms with Crippen molar-refractivity contribution in [2.45, 2.75) is 20.0 Å². The molecule has 21 heavy (non-hydrogen) atoms. The number of nitrogens with one attached hydrogen (secondary N) is 2. The van der Waals surface area contributed by atoms with Gasteiger partial charge in [-0.25, -0.2) is 4.98 Å². The van der Waals surface area contributed by atoms with Gasteiger partial charge >= 0.3 is 6.18 Å². The fourth-order valence-electron chi connectivity index (χ4n) is 1.85.